The second kappa shape index (κ2) is 8.89. The number of primary sulfonamides is 1. The summed E-state index contributed by atoms with van der Waals surface area (Å²) in [5, 5.41) is 8.61. The van der Waals surface area contributed by atoms with E-state index in [0.29, 0.717) is 44.9 Å². The number of methoxy groups -OCH3 is 2. The number of fused-ring (bicyclic) bond motifs is 1. The predicted octanol–water partition coefficient (Wildman–Crippen LogP) is 3.82. The van der Waals surface area contributed by atoms with Crippen molar-refractivity contribution < 1.29 is 22.7 Å². The number of pyridine rings is 1. The van der Waals surface area contributed by atoms with Crippen LogP contribution >= 0.6 is 0 Å². The van der Waals surface area contributed by atoms with E-state index in [0.717, 1.165) is 0 Å². The number of nitrogens with two attached hydrogens (primary N) is 1. The van der Waals surface area contributed by atoms with E-state index in [9.17, 15) is 13.2 Å². The van der Waals surface area contributed by atoms with E-state index in [2.05, 4.69) is 5.32 Å². The van der Waals surface area contributed by atoms with Crippen LogP contribution in [0.4, 0.5) is 5.69 Å². The van der Waals surface area contributed by atoms with Gasteiger partial charge in [0.1, 0.15) is 11.5 Å². The Morgan fingerprint density at radius 1 is 0.939 bits per heavy atom. The van der Waals surface area contributed by atoms with E-state index in [1.165, 1.54) is 24.3 Å². The first-order valence-corrected chi connectivity index (χ1v) is 11.4. The van der Waals surface area contributed by atoms with E-state index >= 15 is 0 Å². The van der Waals surface area contributed by atoms with Crippen LogP contribution in [0.2, 0.25) is 0 Å². The minimum absolute atomic E-state index is 0.0396. The second-order valence-corrected chi connectivity index (χ2v) is 8.72. The minimum atomic E-state index is -3.82. The first kappa shape index (κ1) is 22.3. The number of para-hydroxylation sites is 1. The van der Waals surface area contributed by atoms with Crippen molar-refractivity contribution in [2.45, 2.75) is 4.90 Å². The standard InChI is InChI=1S/C24H21N3O5S/c1-31-16-9-12-23(32-2)20(13-16)22-14-19(18-5-3-4-6-21(18)27-22)24(28)26-15-7-10-17(11-8-15)33(25,29)30/h3-14H,1-2H3,(H,26,28)(H2,25,29,30). The number of nitrogens with zero attached hydrogens (tertiary/aromatic N) is 1. The Bertz CT molecular complexity index is 1450. The topological polar surface area (TPSA) is 121 Å². The van der Waals surface area contributed by atoms with Gasteiger partial charge < -0.3 is 14.8 Å². The summed E-state index contributed by atoms with van der Waals surface area (Å²) in [7, 11) is -0.691. The molecule has 0 aliphatic rings. The lowest BCUT2D eigenvalue weighted by Gasteiger charge is -2.13. The fourth-order valence-corrected chi connectivity index (χ4v) is 3.96. The summed E-state index contributed by atoms with van der Waals surface area (Å²) in [5.74, 6) is 0.838. The van der Waals surface area contributed by atoms with E-state index in [1.54, 1.807) is 38.5 Å². The fourth-order valence-electron chi connectivity index (χ4n) is 3.44. The number of sulfonamides is 1. The molecule has 0 spiro atoms. The van der Waals surface area contributed by atoms with Crippen LogP contribution in [0.5, 0.6) is 11.5 Å². The number of benzene rings is 3. The van der Waals surface area contributed by atoms with Crippen molar-refractivity contribution in [1.29, 1.82) is 0 Å². The lowest BCUT2D eigenvalue weighted by Crippen LogP contribution is -2.14. The number of hydrogen-bond acceptors (Lipinski definition) is 6. The third kappa shape index (κ3) is 4.64. The van der Waals surface area contributed by atoms with Gasteiger partial charge in [-0.1, -0.05) is 18.2 Å². The summed E-state index contributed by atoms with van der Waals surface area (Å²) in [6.45, 7) is 0. The fraction of sp³-hybridized carbons (Fsp3) is 0.0833. The number of rotatable bonds is 6. The highest BCUT2D eigenvalue weighted by atomic mass is 32.2. The van der Waals surface area contributed by atoms with Crippen LogP contribution in [-0.2, 0) is 10.0 Å². The molecule has 0 atom stereocenters. The van der Waals surface area contributed by atoms with E-state index in [4.69, 9.17) is 19.6 Å². The van der Waals surface area contributed by atoms with Crippen LogP contribution in [-0.4, -0.2) is 33.5 Å². The summed E-state index contributed by atoms with van der Waals surface area (Å²) in [6.07, 6.45) is 0. The molecule has 9 heteroatoms. The van der Waals surface area contributed by atoms with E-state index in [-0.39, 0.29) is 10.8 Å². The monoisotopic (exact) mass is 463 g/mol. The highest BCUT2D eigenvalue weighted by molar-refractivity contribution is 7.89. The lowest BCUT2D eigenvalue weighted by atomic mass is 10.0. The van der Waals surface area contributed by atoms with Crippen LogP contribution < -0.4 is 19.9 Å². The van der Waals surface area contributed by atoms with Crippen molar-refractivity contribution in [3.63, 3.8) is 0 Å². The van der Waals surface area contributed by atoms with Crippen LogP contribution in [0, 0.1) is 0 Å². The normalized spacial score (nSPS) is 11.2. The Kier molecular flexibility index (Phi) is 5.99. The molecule has 0 bridgehead atoms. The zero-order valence-electron chi connectivity index (χ0n) is 17.9. The first-order chi connectivity index (χ1) is 15.8. The van der Waals surface area contributed by atoms with Crippen LogP contribution in [0.1, 0.15) is 10.4 Å². The first-order valence-electron chi connectivity index (χ1n) is 9.86. The Hall–Kier alpha value is -3.95. The quantitative estimate of drug-likeness (QED) is 0.448. The highest BCUT2D eigenvalue weighted by Gasteiger charge is 2.17. The molecule has 3 aromatic carbocycles. The Labute approximate surface area is 191 Å². The van der Waals surface area contributed by atoms with Crippen molar-refractivity contribution in [2.24, 2.45) is 5.14 Å². The number of carbonyl (C=O) groups is 1. The number of amides is 1. The van der Waals surface area contributed by atoms with Gasteiger partial charge in [0.25, 0.3) is 5.91 Å². The third-order valence-electron chi connectivity index (χ3n) is 5.08. The molecule has 8 nitrogen and oxygen atoms in total. The van der Waals surface area contributed by atoms with Gasteiger partial charge in [0, 0.05) is 16.6 Å². The molecule has 4 aromatic rings. The molecule has 0 aliphatic carbocycles. The smallest absolute Gasteiger partial charge is 0.256 e. The van der Waals surface area contributed by atoms with Gasteiger partial charge in [-0.25, -0.2) is 18.5 Å². The molecule has 0 saturated heterocycles. The lowest BCUT2D eigenvalue weighted by molar-refractivity contribution is 0.102. The Balaban J connectivity index is 1.79. The molecule has 1 amide bonds. The number of anilines is 1. The molecule has 1 aromatic heterocycles. The van der Waals surface area contributed by atoms with Crippen LogP contribution in [0.15, 0.2) is 77.7 Å². The molecule has 168 valence electrons. The summed E-state index contributed by atoms with van der Waals surface area (Å²) in [4.78, 5) is 17.9. The van der Waals surface area contributed by atoms with Gasteiger partial charge in [-0.2, -0.15) is 0 Å². The maximum Gasteiger partial charge on any atom is 0.256 e. The van der Waals surface area contributed by atoms with Gasteiger partial charge in [0.2, 0.25) is 10.0 Å². The molecule has 0 fully saturated rings. The summed E-state index contributed by atoms with van der Waals surface area (Å²) in [5.41, 5.74) is 2.67. The SMILES string of the molecule is COc1ccc(OC)c(-c2cc(C(=O)Nc3ccc(S(N)(=O)=O)cc3)c3ccccc3n2)c1. The number of ether oxygens (including phenoxy) is 2. The molecule has 3 N–H and O–H groups in total. The number of nitrogens with one attached hydrogen (secondary N) is 1. The third-order valence-corrected chi connectivity index (χ3v) is 6.01. The van der Waals surface area contributed by atoms with Gasteiger partial charge in [-0.15, -0.1) is 0 Å². The average Bonchev–Trinajstić information content (AvgIpc) is 2.82. The zero-order chi connectivity index (χ0) is 23.6. The highest BCUT2D eigenvalue weighted by Crippen LogP contribution is 2.34. The van der Waals surface area contributed by atoms with Crippen LogP contribution in [0.3, 0.4) is 0 Å². The second-order valence-electron chi connectivity index (χ2n) is 7.16. The molecule has 4 rings (SSSR count). The Morgan fingerprint density at radius 2 is 1.67 bits per heavy atom. The zero-order valence-corrected chi connectivity index (χ0v) is 18.7. The minimum Gasteiger partial charge on any atom is -0.497 e. The van der Waals surface area contributed by atoms with Crippen molar-refractivity contribution >= 4 is 32.5 Å². The predicted molar refractivity (Wildman–Crippen MR) is 126 cm³/mol. The average molecular weight is 464 g/mol. The van der Waals surface area contributed by atoms with Gasteiger partial charge in [0.05, 0.1) is 35.9 Å². The van der Waals surface area contributed by atoms with Crippen molar-refractivity contribution in [3.05, 3.63) is 78.4 Å². The Morgan fingerprint density at radius 3 is 2.33 bits per heavy atom. The number of hydrogen-bond donors (Lipinski definition) is 2. The van der Waals surface area contributed by atoms with Crippen molar-refractivity contribution in [2.75, 3.05) is 19.5 Å². The molecular weight excluding hydrogens is 442 g/mol. The molecule has 1 heterocycles. The van der Waals surface area contributed by atoms with Gasteiger partial charge in [-0.3, -0.25) is 4.79 Å². The van der Waals surface area contributed by atoms with E-state index < -0.39 is 10.0 Å². The number of aromatic nitrogens is 1. The molecule has 0 unspecified atom stereocenters. The number of carbonyl (C=O) groups excluding carboxylic acids is 1. The molecule has 0 saturated carbocycles. The molecule has 0 radical (unpaired) electrons. The van der Waals surface area contributed by atoms with Gasteiger partial charge in [-0.05, 0) is 54.6 Å². The van der Waals surface area contributed by atoms with E-state index in [1.807, 2.05) is 24.3 Å². The molecular formula is C24H21N3O5S. The maximum absolute atomic E-state index is 13.2. The largest absolute Gasteiger partial charge is 0.497 e. The molecule has 0 aliphatic heterocycles. The van der Waals surface area contributed by atoms with Crippen LogP contribution in [0.25, 0.3) is 22.2 Å². The summed E-state index contributed by atoms with van der Waals surface area (Å²) < 4.78 is 33.8. The van der Waals surface area contributed by atoms with Crippen molar-refractivity contribution in [3.8, 4) is 22.8 Å². The van der Waals surface area contributed by atoms with Crippen molar-refractivity contribution in [1.82, 2.24) is 4.98 Å². The summed E-state index contributed by atoms with van der Waals surface area (Å²) >= 11 is 0. The molecule has 33 heavy (non-hydrogen) atoms. The van der Waals surface area contributed by atoms with Gasteiger partial charge in [0.15, 0.2) is 0 Å². The maximum atomic E-state index is 13.2. The summed E-state index contributed by atoms with van der Waals surface area (Å²) in [6, 6.07) is 20.0. The van der Waals surface area contributed by atoms with Gasteiger partial charge >= 0.3 is 0 Å².